The lowest BCUT2D eigenvalue weighted by molar-refractivity contribution is -0.274. The highest BCUT2D eigenvalue weighted by atomic mass is 35.5. The lowest BCUT2D eigenvalue weighted by atomic mass is 10.0. The molecule has 2 atom stereocenters. The maximum Gasteiger partial charge on any atom is 0.573 e. The Labute approximate surface area is 168 Å². The zero-order valence-corrected chi connectivity index (χ0v) is 16.7. The van der Waals surface area contributed by atoms with Gasteiger partial charge in [0, 0.05) is 31.2 Å². The molecule has 28 heavy (non-hydrogen) atoms. The van der Waals surface area contributed by atoms with E-state index in [0.29, 0.717) is 19.6 Å². The van der Waals surface area contributed by atoms with E-state index in [4.69, 9.17) is 5.73 Å². The Morgan fingerprint density at radius 3 is 2.21 bits per heavy atom. The van der Waals surface area contributed by atoms with Gasteiger partial charge in [-0.2, -0.15) is 0 Å². The number of hydrogen-bond acceptors (Lipinski definition) is 4. The summed E-state index contributed by atoms with van der Waals surface area (Å²) in [6.45, 7) is 6.62. The van der Waals surface area contributed by atoms with Crippen molar-refractivity contribution in [2.75, 3.05) is 19.6 Å². The molecule has 1 aromatic carbocycles. The van der Waals surface area contributed by atoms with Gasteiger partial charge in [-0.25, -0.2) is 0 Å². The predicted molar refractivity (Wildman–Crippen MR) is 100 cm³/mol. The van der Waals surface area contributed by atoms with Crippen LogP contribution in [0.3, 0.4) is 0 Å². The number of hydrogen-bond donors (Lipinski definition) is 1. The van der Waals surface area contributed by atoms with Crippen LogP contribution in [0.2, 0.25) is 0 Å². The fourth-order valence-corrected chi connectivity index (χ4v) is 2.92. The van der Waals surface area contributed by atoms with Crippen molar-refractivity contribution in [2.24, 2.45) is 11.7 Å². The molecule has 2 amide bonds. The van der Waals surface area contributed by atoms with E-state index in [-0.39, 0.29) is 47.5 Å². The summed E-state index contributed by atoms with van der Waals surface area (Å²) in [6, 6.07) is 3.98. The number of carbonyl (C=O) groups excluding carboxylic acids is 2. The average molecular weight is 424 g/mol. The zero-order valence-electron chi connectivity index (χ0n) is 15.9. The van der Waals surface area contributed by atoms with Gasteiger partial charge in [-0.05, 0) is 37.1 Å². The maximum absolute atomic E-state index is 12.7. The van der Waals surface area contributed by atoms with Crippen molar-refractivity contribution >= 4 is 24.2 Å². The Hall–Kier alpha value is -2.00. The van der Waals surface area contributed by atoms with Crippen molar-refractivity contribution in [1.29, 1.82) is 0 Å². The molecule has 0 spiro atoms. The van der Waals surface area contributed by atoms with Crippen LogP contribution in [-0.2, 0) is 4.79 Å². The molecule has 1 aromatic rings. The summed E-state index contributed by atoms with van der Waals surface area (Å²) >= 11 is 0. The van der Waals surface area contributed by atoms with Gasteiger partial charge in [0.2, 0.25) is 5.91 Å². The first-order chi connectivity index (χ1) is 12.5. The van der Waals surface area contributed by atoms with Crippen molar-refractivity contribution in [3.63, 3.8) is 0 Å². The number of alkyl halides is 3. The highest BCUT2D eigenvalue weighted by Crippen LogP contribution is 2.23. The van der Waals surface area contributed by atoms with Crippen LogP contribution in [0.15, 0.2) is 24.3 Å². The Balaban J connectivity index is 0.00000392. The molecule has 1 aliphatic rings. The molecular weight excluding hydrogens is 399 g/mol. The predicted octanol–water partition coefficient (Wildman–Crippen LogP) is 2.66. The summed E-state index contributed by atoms with van der Waals surface area (Å²) in [5.74, 6) is -0.811. The van der Waals surface area contributed by atoms with Crippen LogP contribution >= 0.6 is 12.4 Å². The van der Waals surface area contributed by atoms with Crippen LogP contribution in [0, 0.1) is 5.92 Å². The Bertz CT molecular complexity index is 683. The van der Waals surface area contributed by atoms with E-state index in [1.54, 1.807) is 9.80 Å². The molecule has 6 nitrogen and oxygen atoms in total. The molecule has 1 fully saturated rings. The van der Waals surface area contributed by atoms with Gasteiger partial charge in [0.25, 0.3) is 5.91 Å². The molecule has 0 bridgehead atoms. The molecule has 0 unspecified atom stereocenters. The number of benzene rings is 1. The van der Waals surface area contributed by atoms with E-state index in [1.807, 2.05) is 20.8 Å². The van der Waals surface area contributed by atoms with Crippen molar-refractivity contribution in [2.45, 2.75) is 39.2 Å². The van der Waals surface area contributed by atoms with Crippen molar-refractivity contribution in [3.8, 4) is 5.75 Å². The fraction of sp³-hybridized carbons (Fsp3) is 0.556. The van der Waals surface area contributed by atoms with Gasteiger partial charge in [0.05, 0.1) is 6.04 Å². The largest absolute Gasteiger partial charge is 0.573 e. The normalized spacial score (nSPS) is 18.5. The second-order valence-electron chi connectivity index (χ2n) is 6.97. The molecule has 1 aliphatic heterocycles. The minimum Gasteiger partial charge on any atom is -0.406 e. The van der Waals surface area contributed by atoms with Crippen LogP contribution in [0.1, 0.15) is 31.1 Å². The molecular formula is C18H25ClF3N3O3. The lowest BCUT2D eigenvalue weighted by Gasteiger charge is -2.41. The van der Waals surface area contributed by atoms with Gasteiger partial charge in [0.15, 0.2) is 0 Å². The Kier molecular flexibility index (Phi) is 8.13. The molecule has 0 saturated carbocycles. The third-order valence-corrected chi connectivity index (χ3v) is 4.54. The zero-order chi connectivity index (χ0) is 20.4. The van der Waals surface area contributed by atoms with Gasteiger partial charge in [0.1, 0.15) is 5.75 Å². The number of nitrogens with two attached hydrogens (primary N) is 1. The molecule has 2 N–H and O–H groups in total. The third kappa shape index (κ3) is 6.00. The van der Waals surface area contributed by atoms with E-state index in [1.165, 1.54) is 12.1 Å². The number of carbonyl (C=O) groups is 2. The number of amides is 2. The molecule has 10 heteroatoms. The van der Waals surface area contributed by atoms with Gasteiger partial charge < -0.3 is 20.3 Å². The Morgan fingerprint density at radius 2 is 1.75 bits per heavy atom. The minimum atomic E-state index is -4.78. The second-order valence-corrected chi connectivity index (χ2v) is 6.97. The van der Waals surface area contributed by atoms with Crippen molar-refractivity contribution in [3.05, 3.63) is 29.8 Å². The van der Waals surface area contributed by atoms with E-state index >= 15 is 0 Å². The highest BCUT2D eigenvalue weighted by molar-refractivity contribution is 5.94. The molecule has 158 valence electrons. The van der Waals surface area contributed by atoms with Gasteiger partial charge in [-0.3, -0.25) is 9.59 Å². The average Bonchev–Trinajstić information content (AvgIpc) is 2.59. The Morgan fingerprint density at radius 1 is 1.18 bits per heavy atom. The molecule has 0 aromatic heterocycles. The third-order valence-electron chi connectivity index (χ3n) is 4.54. The summed E-state index contributed by atoms with van der Waals surface area (Å²) in [7, 11) is 0. The highest BCUT2D eigenvalue weighted by Gasteiger charge is 2.33. The number of rotatable bonds is 4. The lowest BCUT2D eigenvalue weighted by Crippen LogP contribution is -2.58. The van der Waals surface area contributed by atoms with E-state index < -0.39 is 12.4 Å². The van der Waals surface area contributed by atoms with Crippen LogP contribution in [-0.4, -0.2) is 59.7 Å². The summed E-state index contributed by atoms with van der Waals surface area (Å²) in [5, 5.41) is 0. The van der Waals surface area contributed by atoms with Crippen LogP contribution in [0.25, 0.3) is 0 Å². The number of halogens is 4. The monoisotopic (exact) mass is 423 g/mol. The van der Waals surface area contributed by atoms with E-state index in [2.05, 4.69) is 4.74 Å². The summed E-state index contributed by atoms with van der Waals surface area (Å²) in [4.78, 5) is 28.3. The molecule has 0 aliphatic carbocycles. The maximum atomic E-state index is 12.7. The van der Waals surface area contributed by atoms with Gasteiger partial charge in [-0.15, -0.1) is 25.6 Å². The van der Waals surface area contributed by atoms with Crippen LogP contribution < -0.4 is 10.5 Å². The van der Waals surface area contributed by atoms with Crippen LogP contribution in [0.5, 0.6) is 5.75 Å². The second kappa shape index (κ2) is 9.47. The number of piperazine rings is 1. The number of ether oxygens (including phenoxy) is 1. The topological polar surface area (TPSA) is 75.9 Å². The van der Waals surface area contributed by atoms with Gasteiger partial charge >= 0.3 is 6.36 Å². The smallest absolute Gasteiger partial charge is 0.406 e. The first-order valence-electron chi connectivity index (χ1n) is 8.70. The van der Waals surface area contributed by atoms with E-state index in [0.717, 1.165) is 12.1 Å². The molecule has 2 rings (SSSR count). The van der Waals surface area contributed by atoms with Crippen molar-refractivity contribution in [1.82, 2.24) is 9.80 Å². The summed E-state index contributed by atoms with van der Waals surface area (Å²) < 4.78 is 40.4. The summed E-state index contributed by atoms with van der Waals surface area (Å²) in [5.41, 5.74) is 6.18. The fourth-order valence-electron chi connectivity index (χ4n) is 2.92. The number of nitrogens with zero attached hydrogens (tertiary/aromatic N) is 2. The molecule has 0 radical (unpaired) electrons. The van der Waals surface area contributed by atoms with Crippen molar-refractivity contribution < 1.29 is 27.5 Å². The quantitative estimate of drug-likeness (QED) is 0.807. The van der Waals surface area contributed by atoms with Gasteiger partial charge in [-0.1, -0.05) is 13.8 Å². The van der Waals surface area contributed by atoms with E-state index in [9.17, 15) is 22.8 Å². The SMILES string of the molecule is CC(C)[C@H](N)C(=O)N1CCN(C(=O)c2ccc(OC(F)(F)F)cc2)[C@H](C)C1.Cl. The van der Waals surface area contributed by atoms with Crippen LogP contribution in [0.4, 0.5) is 13.2 Å². The first-order valence-corrected chi connectivity index (χ1v) is 8.70. The molecule has 1 saturated heterocycles. The standard InChI is InChI=1S/C18H24F3N3O3.ClH/c1-11(2)15(22)17(26)23-8-9-24(12(3)10-23)16(25)13-4-6-14(7-5-13)27-18(19,20)21;/h4-7,11-12,15H,8-10,22H2,1-3H3;1H/t12-,15+;/m1./s1. The molecule has 1 heterocycles. The summed E-state index contributed by atoms with van der Waals surface area (Å²) in [6.07, 6.45) is -4.78. The minimum absolute atomic E-state index is 0. The first kappa shape index (κ1) is 24.0.